The van der Waals surface area contributed by atoms with Crippen molar-refractivity contribution >= 4 is 23.2 Å². The molecule has 0 atom stereocenters. The van der Waals surface area contributed by atoms with Gasteiger partial charge in [-0.3, -0.25) is 4.79 Å². The molecule has 2 aromatic rings. The first kappa shape index (κ1) is 16.8. The van der Waals surface area contributed by atoms with Crippen molar-refractivity contribution in [1.29, 1.82) is 0 Å². The van der Waals surface area contributed by atoms with E-state index in [1.807, 2.05) is 44.2 Å². The highest BCUT2D eigenvalue weighted by Crippen LogP contribution is 2.36. The number of hydrogen-bond acceptors (Lipinski definition) is 3. The van der Waals surface area contributed by atoms with E-state index in [9.17, 15) is 4.79 Å². The van der Waals surface area contributed by atoms with E-state index in [2.05, 4.69) is 0 Å². The van der Waals surface area contributed by atoms with Crippen molar-refractivity contribution in [2.45, 2.75) is 26.5 Å². The van der Waals surface area contributed by atoms with Gasteiger partial charge in [0.15, 0.2) is 0 Å². The lowest BCUT2D eigenvalue weighted by atomic mass is 10.00. The zero-order valence-electron chi connectivity index (χ0n) is 14.0. The van der Waals surface area contributed by atoms with Gasteiger partial charge >= 0.3 is 0 Å². The second-order valence-electron chi connectivity index (χ2n) is 6.04. The lowest BCUT2D eigenvalue weighted by molar-refractivity contribution is -0.123. The molecule has 1 amide bonds. The maximum Gasteiger partial charge on any atom is 0.253 e. The zero-order chi connectivity index (χ0) is 17.3. The Labute approximate surface area is 146 Å². The van der Waals surface area contributed by atoms with E-state index in [4.69, 9.17) is 21.1 Å². The van der Waals surface area contributed by atoms with Crippen LogP contribution in [0.1, 0.15) is 19.4 Å². The number of rotatable bonds is 3. The molecular formula is C19H20ClNO3. The molecule has 0 radical (unpaired) electrons. The molecule has 0 bridgehead atoms. The number of halogens is 1. The van der Waals surface area contributed by atoms with Crippen LogP contribution >= 0.6 is 11.6 Å². The number of carbonyl (C=O) groups is 1. The van der Waals surface area contributed by atoms with E-state index in [-0.39, 0.29) is 18.6 Å². The SMILES string of the molecule is COc1ccc(Cl)cc1-c1ccc2c(c1)COCC(=O)N2C(C)C. The van der Waals surface area contributed by atoms with E-state index in [0.29, 0.717) is 11.6 Å². The van der Waals surface area contributed by atoms with Gasteiger partial charge in [0.25, 0.3) is 5.91 Å². The third kappa shape index (κ3) is 3.12. The second-order valence-corrected chi connectivity index (χ2v) is 6.47. The summed E-state index contributed by atoms with van der Waals surface area (Å²) in [5.74, 6) is 0.738. The van der Waals surface area contributed by atoms with Crippen molar-refractivity contribution in [3.05, 3.63) is 47.0 Å². The fraction of sp³-hybridized carbons (Fsp3) is 0.316. The second kappa shape index (κ2) is 6.83. The van der Waals surface area contributed by atoms with Gasteiger partial charge in [-0.05, 0) is 49.7 Å². The maximum absolute atomic E-state index is 12.3. The standard InChI is InChI=1S/C19H20ClNO3/c1-12(2)21-17-6-4-13(8-14(17)10-24-11-19(21)22)16-9-15(20)5-7-18(16)23-3/h4-9,12H,10-11H2,1-3H3. The minimum absolute atomic E-state index is 0.0168. The molecule has 0 saturated heterocycles. The summed E-state index contributed by atoms with van der Waals surface area (Å²) < 4.78 is 11.0. The van der Waals surface area contributed by atoms with E-state index in [1.54, 1.807) is 18.1 Å². The normalized spacial score (nSPS) is 14.5. The number of fused-ring (bicyclic) bond motifs is 1. The lowest BCUT2D eigenvalue weighted by Crippen LogP contribution is -2.38. The molecule has 24 heavy (non-hydrogen) atoms. The van der Waals surface area contributed by atoms with Crippen LogP contribution in [0.4, 0.5) is 5.69 Å². The molecule has 3 rings (SSSR count). The Morgan fingerprint density at radius 3 is 2.67 bits per heavy atom. The van der Waals surface area contributed by atoms with Crippen molar-refractivity contribution in [1.82, 2.24) is 0 Å². The average molecular weight is 346 g/mol. The molecule has 1 heterocycles. The Balaban J connectivity index is 2.11. The molecule has 0 saturated carbocycles. The molecule has 0 N–H and O–H groups in total. The minimum atomic E-state index is -0.0168. The van der Waals surface area contributed by atoms with Crippen LogP contribution in [0, 0.1) is 0 Å². The number of carbonyl (C=O) groups excluding carboxylic acids is 1. The van der Waals surface area contributed by atoms with Gasteiger partial charge in [0.1, 0.15) is 12.4 Å². The maximum atomic E-state index is 12.3. The number of nitrogens with zero attached hydrogens (tertiary/aromatic N) is 1. The molecular weight excluding hydrogens is 326 g/mol. The van der Waals surface area contributed by atoms with Gasteiger partial charge in [0, 0.05) is 27.9 Å². The summed E-state index contributed by atoms with van der Waals surface area (Å²) in [6.07, 6.45) is 0. The van der Waals surface area contributed by atoms with Gasteiger partial charge in [0.05, 0.1) is 13.7 Å². The van der Waals surface area contributed by atoms with Crippen LogP contribution in [0.25, 0.3) is 11.1 Å². The lowest BCUT2D eigenvalue weighted by Gasteiger charge is -2.26. The number of hydrogen-bond donors (Lipinski definition) is 0. The molecule has 0 fully saturated rings. The predicted octanol–water partition coefficient (Wildman–Crippen LogP) is 4.29. The van der Waals surface area contributed by atoms with Crippen molar-refractivity contribution in [3.63, 3.8) is 0 Å². The Morgan fingerprint density at radius 1 is 1.17 bits per heavy atom. The predicted molar refractivity (Wildman–Crippen MR) is 95.7 cm³/mol. The number of benzene rings is 2. The summed E-state index contributed by atoms with van der Waals surface area (Å²) in [5.41, 5.74) is 3.78. The van der Waals surface area contributed by atoms with E-state index < -0.39 is 0 Å². The molecule has 0 aliphatic carbocycles. The van der Waals surface area contributed by atoms with Crippen LogP contribution in [0.15, 0.2) is 36.4 Å². The molecule has 0 spiro atoms. The first-order valence-electron chi connectivity index (χ1n) is 7.88. The zero-order valence-corrected chi connectivity index (χ0v) is 14.8. The van der Waals surface area contributed by atoms with Crippen LogP contribution in [-0.2, 0) is 16.1 Å². The number of ether oxygens (including phenoxy) is 2. The van der Waals surface area contributed by atoms with Crippen molar-refractivity contribution in [2.75, 3.05) is 18.6 Å². The first-order valence-corrected chi connectivity index (χ1v) is 8.25. The Bertz CT molecular complexity index is 773. The molecule has 4 nitrogen and oxygen atoms in total. The third-order valence-corrected chi connectivity index (χ3v) is 4.31. The molecule has 126 valence electrons. The molecule has 1 aliphatic heterocycles. The van der Waals surface area contributed by atoms with Crippen LogP contribution in [0.2, 0.25) is 5.02 Å². The number of anilines is 1. The summed E-state index contributed by atoms with van der Waals surface area (Å²) in [6.45, 7) is 4.51. The van der Waals surface area contributed by atoms with Crippen LogP contribution in [0.5, 0.6) is 5.75 Å². The molecule has 0 unspecified atom stereocenters. The highest BCUT2D eigenvalue weighted by molar-refractivity contribution is 6.31. The fourth-order valence-electron chi connectivity index (χ4n) is 3.03. The van der Waals surface area contributed by atoms with E-state index in [1.165, 1.54) is 0 Å². The quantitative estimate of drug-likeness (QED) is 0.833. The summed E-state index contributed by atoms with van der Waals surface area (Å²) >= 11 is 6.14. The highest BCUT2D eigenvalue weighted by atomic mass is 35.5. The largest absolute Gasteiger partial charge is 0.496 e. The highest BCUT2D eigenvalue weighted by Gasteiger charge is 2.25. The summed E-state index contributed by atoms with van der Waals surface area (Å²) in [4.78, 5) is 14.1. The van der Waals surface area contributed by atoms with Crippen LogP contribution in [0.3, 0.4) is 0 Å². The summed E-state index contributed by atoms with van der Waals surface area (Å²) in [7, 11) is 1.64. The Hall–Kier alpha value is -2.04. The Kier molecular flexibility index (Phi) is 4.78. The number of amides is 1. The molecule has 2 aromatic carbocycles. The van der Waals surface area contributed by atoms with Gasteiger partial charge in [-0.15, -0.1) is 0 Å². The third-order valence-electron chi connectivity index (χ3n) is 4.08. The van der Waals surface area contributed by atoms with Crippen LogP contribution in [-0.4, -0.2) is 25.7 Å². The van der Waals surface area contributed by atoms with Crippen molar-refractivity contribution < 1.29 is 14.3 Å². The summed E-state index contributed by atoms with van der Waals surface area (Å²) in [5, 5.41) is 0.649. The smallest absolute Gasteiger partial charge is 0.253 e. The monoisotopic (exact) mass is 345 g/mol. The van der Waals surface area contributed by atoms with Gasteiger partial charge in [-0.25, -0.2) is 0 Å². The van der Waals surface area contributed by atoms with Crippen LogP contribution < -0.4 is 9.64 Å². The summed E-state index contributed by atoms with van der Waals surface area (Å²) in [6, 6.07) is 11.6. The van der Waals surface area contributed by atoms with Gasteiger partial charge < -0.3 is 14.4 Å². The molecule has 1 aliphatic rings. The van der Waals surface area contributed by atoms with Gasteiger partial charge in [-0.1, -0.05) is 17.7 Å². The first-order chi connectivity index (χ1) is 11.5. The average Bonchev–Trinajstić information content (AvgIpc) is 2.72. The fourth-order valence-corrected chi connectivity index (χ4v) is 3.20. The van der Waals surface area contributed by atoms with Crippen molar-refractivity contribution in [2.24, 2.45) is 0 Å². The topological polar surface area (TPSA) is 38.8 Å². The van der Waals surface area contributed by atoms with Gasteiger partial charge in [0.2, 0.25) is 0 Å². The van der Waals surface area contributed by atoms with Gasteiger partial charge in [-0.2, -0.15) is 0 Å². The van der Waals surface area contributed by atoms with E-state index in [0.717, 1.165) is 28.1 Å². The van der Waals surface area contributed by atoms with Crippen molar-refractivity contribution in [3.8, 4) is 16.9 Å². The molecule has 0 aromatic heterocycles. The van der Waals surface area contributed by atoms with E-state index >= 15 is 0 Å². The Morgan fingerprint density at radius 2 is 1.96 bits per heavy atom. The minimum Gasteiger partial charge on any atom is -0.496 e. The molecule has 5 heteroatoms. The number of methoxy groups -OCH3 is 1.